The number of urea groups is 1. The maximum Gasteiger partial charge on any atom is 0.409 e. The molecule has 0 bridgehead atoms. The van der Waals surface area contributed by atoms with Crippen molar-refractivity contribution in [1.82, 2.24) is 14.7 Å². The number of amides is 3. The molecule has 4 aliphatic heterocycles. The largest absolute Gasteiger partial charge is 0.450 e. The monoisotopic (exact) mass is 472 g/mol. The quantitative estimate of drug-likeness (QED) is 0.647. The number of hydrogen-bond acceptors (Lipinski definition) is 4. The first-order valence-corrected chi connectivity index (χ1v) is 13.0. The Morgan fingerprint density at radius 1 is 1.00 bits per heavy atom. The van der Waals surface area contributed by atoms with E-state index in [1.165, 1.54) is 12.5 Å². The fourth-order valence-electron chi connectivity index (χ4n) is 6.44. The standard InChI is InChI=1S/C26H37FN4O3/c1-2-34-25(33)30-14-8-21(9-15-30)28-16-10-26(11-17-28)19-31(23-7-6-20(27)18-22(23)26)24(32)29-12-4-3-5-13-29/h6-7,18,21H,2-5,8-17,19H2,1H3. The minimum Gasteiger partial charge on any atom is -0.450 e. The van der Waals surface area contributed by atoms with Crippen molar-refractivity contribution in [3.8, 4) is 0 Å². The van der Waals surface area contributed by atoms with Gasteiger partial charge in [0, 0.05) is 49.9 Å². The van der Waals surface area contributed by atoms with E-state index in [2.05, 4.69) is 4.90 Å². The predicted octanol–water partition coefficient (Wildman–Crippen LogP) is 4.21. The van der Waals surface area contributed by atoms with Crippen LogP contribution in [0, 0.1) is 5.82 Å². The van der Waals surface area contributed by atoms with Crippen molar-refractivity contribution in [1.29, 1.82) is 0 Å². The molecule has 0 aliphatic carbocycles. The van der Waals surface area contributed by atoms with E-state index in [4.69, 9.17) is 4.74 Å². The molecule has 0 atom stereocenters. The molecular formula is C26H37FN4O3. The lowest BCUT2D eigenvalue weighted by Gasteiger charge is -2.45. The molecule has 34 heavy (non-hydrogen) atoms. The molecule has 186 valence electrons. The summed E-state index contributed by atoms with van der Waals surface area (Å²) in [4.78, 5) is 33.7. The van der Waals surface area contributed by atoms with E-state index in [9.17, 15) is 14.0 Å². The topological polar surface area (TPSA) is 56.3 Å². The molecule has 3 fully saturated rings. The zero-order valence-corrected chi connectivity index (χ0v) is 20.3. The molecule has 0 saturated carbocycles. The lowest BCUT2D eigenvalue weighted by Crippen LogP contribution is -2.53. The van der Waals surface area contributed by atoms with Gasteiger partial charge in [0.05, 0.1) is 6.61 Å². The van der Waals surface area contributed by atoms with Crippen LogP contribution in [0.1, 0.15) is 57.4 Å². The fourth-order valence-corrected chi connectivity index (χ4v) is 6.44. The van der Waals surface area contributed by atoms with E-state index >= 15 is 0 Å². The van der Waals surface area contributed by atoms with Crippen LogP contribution >= 0.6 is 0 Å². The van der Waals surface area contributed by atoms with E-state index in [0.29, 0.717) is 19.2 Å². The Bertz CT molecular complexity index is 903. The summed E-state index contributed by atoms with van der Waals surface area (Å²) in [6.45, 7) is 7.87. The van der Waals surface area contributed by atoms with Gasteiger partial charge in [-0.15, -0.1) is 0 Å². The molecule has 1 spiro atoms. The first-order chi connectivity index (χ1) is 16.5. The SMILES string of the molecule is CCOC(=O)N1CCC(N2CCC3(CC2)CN(C(=O)N2CCCCC2)c2ccc(F)cc23)CC1. The molecule has 8 heteroatoms. The van der Waals surface area contributed by atoms with Crippen molar-refractivity contribution in [2.45, 2.75) is 63.3 Å². The highest BCUT2D eigenvalue weighted by Gasteiger charge is 2.48. The molecule has 0 radical (unpaired) electrons. The van der Waals surface area contributed by atoms with Gasteiger partial charge in [0.25, 0.3) is 0 Å². The van der Waals surface area contributed by atoms with Crippen LogP contribution in [0.15, 0.2) is 18.2 Å². The molecule has 3 amide bonds. The van der Waals surface area contributed by atoms with Crippen LogP contribution in [-0.2, 0) is 10.2 Å². The van der Waals surface area contributed by atoms with Gasteiger partial charge in [-0.3, -0.25) is 4.90 Å². The summed E-state index contributed by atoms with van der Waals surface area (Å²) in [7, 11) is 0. The number of nitrogens with zero attached hydrogens (tertiary/aromatic N) is 4. The summed E-state index contributed by atoms with van der Waals surface area (Å²) in [6, 6.07) is 5.51. The fraction of sp³-hybridized carbons (Fsp3) is 0.692. The Balaban J connectivity index is 1.26. The summed E-state index contributed by atoms with van der Waals surface area (Å²) in [5, 5.41) is 0. The van der Waals surface area contributed by atoms with Crippen molar-refractivity contribution >= 4 is 17.8 Å². The summed E-state index contributed by atoms with van der Waals surface area (Å²) >= 11 is 0. The van der Waals surface area contributed by atoms with Crippen LogP contribution in [0.2, 0.25) is 0 Å². The first-order valence-electron chi connectivity index (χ1n) is 13.0. The smallest absolute Gasteiger partial charge is 0.409 e. The molecule has 3 saturated heterocycles. The lowest BCUT2D eigenvalue weighted by molar-refractivity contribution is 0.0579. The summed E-state index contributed by atoms with van der Waals surface area (Å²) in [6.07, 6.45) is 6.85. The minimum absolute atomic E-state index is 0.0817. The van der Waals surface area contributed by atoms with Crippen molar-refractivity contribution in [3.63, 3.8) is 0 Å². The van der Waals surface area contributed by atoms with Crippen molar-refractivity contribution < 1.29 is 18.7 Å². The van der Waals surface area contributed by atoms with E-state index in [-0.39, 0.29) is 23.4 Å². The first kappa shape index (κ1) is 23.4. The average Bonchev–Trinajstić information content (AvgIpc) is 3.18. The Kier molecular flexibility index (Phi) is 6.69. The second kappa shape index (κ2) is 9.72. The molecule has 0 N–H and O–H groups in total. The number of benzene rings is 1. The van der Waals surface area contributed by atoms with Gasteiger partial charge in [-0.1, -0.05) is 0 Å². The zero-order chi connectivity index (χ0) is 23.7. The van der Waals surface area contributed by atoms with Gasteiger partial charge in [-0.05, 0) is 88.7 Å². The number of halogens is 1. The second-order valence-electron chi connectivity index (χ2n) is 10.3. The van der Waals surface area contributed by atoms with Crippen LogP contribution in [0.5, 0.6) is 0 Å². The number of anilines is 1. The molecule has 4 heterocycles. The molecule has 0 aromatic heterocycles. The highest BCUT2D eigenvalue weighted by Crippen LogP contribution is 2.48. The molecule has 4 aliphatic rings. The predicted molar refractivity (Wildman–Crippen MR) is 129 cm³/mol. The molecular weight excluding hydrogens is 435 g/mol. The number of rotatable bonds is 2. The Hall–Kier alpha value is -2.35. The number of piperidine rings is 3. The van der Waals surface area contributed by atoms with Crippen molar-refractivity contribution in [2.24, 2.45) is 0 Å². The Morgan fingerprint density at radius 2 is 1.71 bits per heavy atom. The number of carbonyl (C=O) groups excluding carboxylic acids is 2. The van der Waals surface area contributed by atoms with Gasteiger partial charge < -0.3 is 19.4 Å². The Labute approximate surface area is 201 Å². The maximum atomic E-state index is 14.3. The number of fused-ring (bicyclic) bond motifs is 2. The minimum atomic E-state index is -0.223. The third-order valence-corrected chi connectivity index (χ3v) is 8.40. The van der Waals surface area contributed by atoms with Crippen molar-refractivity contribution in [2.75, 3.05) is 57.3 Å². The van der Waals surface area contributed by atoms with E-state index in [1.54, 1.807) is 12.1 Å². The van der Waals surface area contributed by atoms with Crippen LogP contribution in [-0.4, -0.2) is 85.3 Å². The van der Waals surface area contributed by atoms with Crippen LogP contribution in [0.4, 0.5) is 19.7 Å². The highest BCUT2D eigenvalue weighted by atomic mass is 19.1. The summed E-state index contributed by atoms with van der Waals surface area (Å²) < 4.78 is 19.5. The van der Waals surface area contributed by atoms with Gasteiger partial charge in [0.2, 0.25) is 0 Å². The van der Waals surface area contributed by atoms with Crippen LogP contribution in [0.25, 0.3) is 0 Å². The molecule has 1 aromatic carbocycles. The third kappa shape index (κ3) is 4.37. The van der Waals surface area contributed by atoms with Crippen LogP contribution in [0.3, 0.4) is 0 Å². The van der Waals surface area contributed by atoms with Gasteiger partial charge in [0.1, 0.15) is 5.82 Å². The third-order valence-electron chi connectivity index (χ3n) is 8.40. The van der Waals surface area contributed by atoms with Crippen LogP contribution < -0.4 is 4.90 Å². The molecule has 5 rings (SSSR count). The van der Waals surface area contributed by atoms with Gasteiger partial charge in [-0.25, -0.2) is 14.0 Å². The second-order valence-corrected chi connectivity index (χ2v) is 10.3. The average molecular weight is 473 g/mol. The highest BCUT2D eigenvalue weighted by molar-refractivity contribution is 5.95. The van der Waals surface area contributed by atoms with E-state index < -0.39 is 0 Å². The van der Waals surface area contributed by atoms with Crippen molar-refractivity contribution in [3.05, 3.63) is 29.6 Å². The van der Waals surface area contributed by atoms with Gasteiger partial charge in [-0.2, -0.15) is 0 Å². The summed E-state index contributed by atoms with van der Waals surface area (Å²) in [5.74, 6) is -0.223. The molecule has 7 nitrogen and oxygen atoms in total. The van der Waals surface area contributed by atoms with E-state index in [0.717, 1.165) is 89.0 Å². The van der Waals surface area contributed by atoms with Gasteiger partial charge in [0.15, 0.2) is 0 Å². The number of hydrogen-bond donors (Lipinski definition) is 0. The molecule has 0 unspecified atom stereocenters. The number of ether oxygens (including phenoxy) is 1. The zero-order valence-electron chi connectivity index (χ0n) is 20.3. The number of likely N-dealkylation sites (tertiary alicyclic amines) is 3. The van der Waals surface area contributed by atoms with Gasteiger partial charge >= 0.3 is 12.1 Å². The van der Waals surface area contributed by atoms with E-state index in [1.807, 2.05) is 21.6 Å². The maximum absolute atomic E-state index is 14.3. The summed E-state index contributed by atoms with van der Waals surface area (Å²) in [5.41, 5.74) is 1.73. The number of carbonyl (C=O) groups is 2. The lowest BCUT2D eigenvalue weighted by atomic mass is 9.74. The molecule has 1 aromatic rings. The Morgan fingerprint density at radius 3 is 2.38 bits per heavy atom. The normalized spacial score (nSPS) is 23.3.